The topological polar surface area (TPSA) is 86.5 Å². The minimum absolute atomic E-state index is 0.230. The lowest BCUT2D eigenvalue weighted by atomic mass is 10.1. The normalized spacial score (nSPS) is 14.0. The number of carbonyl (C=O) groups excluding carboxylic acids is 1. The minimum Gasteiger partial charge on any atom is -0.497 e. The quantitative estimate of drug-likeness (QED) is 0.655. The lowest BCUT2D eigenvalue weighted by molar-refractivity contribution is 0.102. The minimum atomic E-state index is -0.230. The predicted molar refractivity (Wildman–Crippen MR) is 108 cm³/mol. The number of nitrogens with zero attached hydrogens (tertiary/aromatic N) is 2. The van der Waals surface area contributed by atoms with Crippen molar-refractivity contribution >= 4 is 11.6 Å². The van der Waals surface area contributed by atoms with Crippen LogP contribution in [0.15, 0.2) is 47.0 Å². The average Bonchev–Trinajstić information content (AvgIpc) is 3.45. The van der Waals surface area contributed by atoms with Crippen molar-refractivity contribution in [2.75, 3.05) is 19.5 Å². The molecule has 1 N–H and O–H groups in total. The number of hydrogen-bond acceptors (Lipinski definition) is 6. The molecule has 0 radical (unpaired) electrons. The third-order valence-electron chi connectivity index (χ3n) is 5.16. The number of rotatable bonds is 6. The van der Waals surface area contributed by atoms with Gasteiger partial charge in [-0.05, 0) is 25.0 Å². The molecule has 7 heteroatoms. The number of carbonyl (C=O) groups is 1. The van der Waals surface area contributed by atoms with Crippen LogP contribution in [-0.4, -0.2) is 30.3 Å². The van der Waals surface area contributed by atoms with Crippen molar-refractivity contribution in [2.24, 2.45) is 0 Å². The van der Waals surface area contributed by atoms with Gasteiger partial charge in [0, 0.05) is 40.9 Å². The van der Waals surface area contributed by atoms with Gasteiger partial charge in [-0.1, -0.05) is 30.1 Å². The molecule has 29 heavy (non-hydrogen) atoms. The van der Waals surface area contributed by atoms with E-state index in [0.29, 0.717) is 40.4 Å². The van der Waals surface area contributed by atoms with Crippen molar-refractivity contribution in [1.82, 2.24) is 10.1 Å². The predicted octanol–water partition coefficient (Wildman–Crippen LogP) is 4.66. The first-order chi connectivity index (χ1) is 14.2. The summed E-state index contributed by atoms with van der Waals surface area (Å²) in [6.45, 7) is 0. The van der Waals surface area contributed by atoms with Crippen LogP contribution in [-0.2, 0) is 0 Å². The molecule has 150 valence electrons. The number of hydrogen-bond donors (Lipinski definition) is 1. The molecule has 1 aliphatic carbocycles. The van der Waals surface area contributed by atoms with E-state index in [2.05, 4.69) is 15.5 Å². The number of anilines is 1. The van der Waals surface area contributed by atoms with Gasteiger partial charge < -0.3 is 19.3 Å². The molecule has 0 aliphatic heterocycles. The second-order valence-corrected chi connectivity index (χ2v) is 7.07. The van der Waals surface area contributed by atoms with Gasteiger partial charge in [0.1, 0.15) is 11.5 Å². The van der Waals surface area contributed by atoms with Crippen molar-refractivity contribution in [3.63, 3.8) is 0 Å². The second kappa shape index (κ2) is 8.34. The number of aromatic nitrogens is 2. The van der Waals surface area contributed by atoms with Crippen LogP contribution in [0.1, 0.15) is 47.8 Å². The van der Waals surface area contributed by atoms with Gasteiger partial charge in [0.15, 0.2) is 0 Å². The number of ether oxygens (including phenoxy) is 2. The van der Waals surface area contributed by atoms with E-state index < -0.39 is 0 Å². The lowest BCUT2D eigenvalue weighted by Crippen LogP contribution is -2.12. The monoisotopic (exact) mass is 393 g/mol. The number of methoxy groups -OCH3 is 2. The maximum Gasteiger partial charge on any atom is 0.255 e. The molecule has 4 rings (SSSR count). The third kappa shape index (κ3) is 4.23. The Kier molecular flexibility index (Phi) is 5.46. The summed E-state index contributed by atoms with van der Waals surface area (Å²) in [6, 6.07) is 12.3. The van der Waals surface area contributed by atoms with Crippen LogP contribution in [0.2, 0.25) is 0 Å². The molecule has 1 heterocycles. The average molecular weight is 393 g/mol. The van der Waals surface area contributed by atoms with Crippen LogP contribution in [0.4, 0.5) is 5.69 Å². The zero-order chi connectivity index (χ0) is 20.2. The summed E-state index contributed by atoms with van der Waals surface area (Å²) in [4.78, 5) is 17.1. The van der Waals surface area contributed by atoms with Gasteiger partial charge in [-0.2, -0.15) is 4.98 Å². The molecule has 0 unspecified atom stereocenters. The molecule has 0 saturated heterocycles. The molecule has 1 amide bonds. The Morgan fingerprint density at radius 3 is 2.31 bits per heavy atom. The Balaban J connectivity index is 1.47. The van der Waals surface area contributed by atoms with Gasteiger partial charge in [0.2, 0.25) is 11.7 Å². The molecule has 2 aromatic carbocycles. The first kappa shape index (κ1) is 19.0. The van der Waals surface area contributed by atoms with E-state index in [0.717, 1.165) is 18.4 Å². The summed E-state index contributed by atoms with van der Waals surface area (Å²) >= 11 is 0. The van der Waals surface area contributed by atoms with Crippen LogP contribution in [0.5, 0.6) is 11.5 Å². The standard InChI is InChI=1S/C22H23N3O4/c1-27-18-11-17(12-19(13-18)28-2)23-21(26)15-9-7-14(8-10-15)20-24-22(29-25-20)16-5-3-4-6-16/h7-13,16H,3-6H2,1-2H3,(H,23,26). The summed E-state index contributed by atoms with van der Waals surface area (Å²) in [5, 5.41) is 6.96. The van der Waals surface area contributed by atoms with Crippen molar-refractivity contribution in [2.45, 2.75) is 31.6 Å². The van der Waals surface area contributed by atoms with E-state index in [1.165, 1.54) is 12.8 Å². The third-order valence-corrected chi connectivity index (χ3v) is 5.16. The Hall–Kier alpha value is -3.35. The van der Waals surface area contributed by atoms with Crippen molar-refractivity contribution < 1.29 is 18.8 Å². The lowest BCUT2D eigenvalue weighted by Gasteiger charge is -2.10. The second-order valence-electron chi connectivity index (χ2n) is 7.07. The molecular formula is C22H23N3O4. The van der Waals surface area contributed by atoms with E-state index in [9.17, 15) is 4.79 Å². The fourth-order valence-electron chi connectivity index (χ4n) is 3.54. The fourth-order valence-corrected chi connectivity index (χ4v) is 3.54. The van der Waals surface area contributed by atoms with Crippen LogP contribution >= 0.6 is 0 Å². The van der Waals surface area contributed by atoms with E-state index in [1.807, 2.05) is 12.1 Å². The van der Waals surface area contributed by atoms with E-state index in [1.54, 1.807) is 44.6 Å². The Labute approximate surface area is 169 Å². The van der Waals surface area contributed by atoms with E-state index in [-0.39, 0.29) is 5.91 Å². The smallest absolute Gasteiger partial charge is 0.255 e. The van der Waals surface area contributed by atoms with E-state index >= 15 is 0 Å². The summed E-state index contributed by atoms with van der Waals surface area (Å²) in [6.07, 6.45) is 4.64. The molecule has 1 aromatic heterocycles. The first-order valence-electron chi connectivity index (χ1n) is 9.64. The number of benzene rings is 2. The van der Waals surface area contributed by atoms with Crippen LogP contribution in [0.3, 0.4) is 0 Å². The van der Waals surface area contributed by atoms with Gasteiger partial charge in [-0.15, -0.1) is 0 Å². The van der Waals surface area contributed by atoms with Crippen LogP contribution in [0, 0.1) is 0 Å². The van der Waals surface area contributed by atoms with Crippen molar-refractivity contribution in [3.8, 4) is 22.9 Å². The fraction of sp³-hybridized carbons (Fsp3) is 0.318. The van der Waals surface area contributed by atoms with E-state index in [4.69, 9.17) is 14.0 Å². The zero-order valence-corrected chi connectivity index (χ0v) is 16.5. The highest BCUT2D eigenvalue weighted by Crippen LogP contribution is 2.34. The molecule has 3 aromatic rings. The SMILES string of the molecule is COc1cc(NC(=O)c2ccc(-c3noc(C4CCCC4)n3)cc2)cc(OC)c1. The number of amides is 1. The highest BCUT2D eigenvalue weighted by atomic mass is 16.5. The zero-order valence-electron chi connectivity index (χ0n) is 16.5. The molecule has 0 spiro atoms. The highest BCUT2D eigenvalue weighted by molar-refractivity contribution is 6.04. The molecular weight excluding hydrogens is 370 g/mol. The summed E-state index contributed by atoms with van der Waals surface area (Å²) in [5.41, 5.74) is 1.93. The van der Waals surface area contributed by atoms with Crippen LogP contribution in [0.25, 0.3) is 11.4 Å². The Morgan fingerprint density at radius 1 is 1.03 bits per heavy atom. The van der Waals surface area contributed by atoms with Gasteiger partial charge in [0.05, 0.1) is 14.2 Å². The summed E-state index contributed by atoms with van der Waals surface area (Å²) in [7, 11) is 3.13. The number of nitrogens with one attached hydrogen (secondary N) is 1. The maximum atomic E-state index is 12.6. The largest absolute Gasteiger partial charge is 0.497 e. The first-order valence-corrected chi connectivity index (χ1v) is 9.64. The van der Waals surface area contributed by atoms with Gasteiger partial charge in [-0.25, -0.2) is 0 Å². The van der Waals surface area contributed by atoms with Crippen LogP contribution < -0.4 is 14.8 Å². The molecule has 0 bridgehead atoms. The highest BCUT2D eigenvalue weighted by Gasteiger charge is 2.23. The van der Waals surface area contributed by atoms with Crippen molar-refractivity contribution in [1.29, 1.82) is 0 Å². The summed E-state index contributed by atoms with van der Waals surface area (Å²) in [5.74, 6) is 2.62. The van der Waals surface area contributed by atoms with Crippen molar-refractivity contribution in [3.05, 3.63) is 53.9 Å². The maximum absolute atomic E-state index is 12.6. The molecule has 0 atom stereocenters. The summed E-state index contributed by atoms with van der Waals surface area (Å²) < 4.78 is 15.9. The molecule has 1 fully saturated rings. The Bertz CT molecular complexity index is 969. The van der Waals surface area contributed by atoms with Gasteiger partial charge in [-0.3, -0.25) is 4.79 Å². The van der Waals surface area contributed by atoms with Gasteiger partial charge in [0.25, 0.3) is 5.91 Å². The molecule has 7 nitrogen and oxygen atoms in total. The van der Waals surface area contributed by atoms with Gasteiger partial charge >= 0.3 is 0 Å². The Morgan fingerprint density at radius 2 is 1.69 bits per heavy atom. The molecule has 1 aliphatic rings. The molecule has 1 saturated carbocycles.